The highest BCUT2D eigenvalue weighted by Gasteiger charge is 2.21. The lowest BCUT2D eigenvalue weighted by Crippen LogP contribution is -2.46. The van der Waals surface area contributed by atoms with Gasteiger partial charge in [0.15, 0.2) is 0 Å². The number of para-hydroxylation sites is 1. The standard InChI is InChI=1S/C20H24N2O2/c1-15-13-17(11-12-21-15)22-20(23)19-10-6-5-7-16(19)14-24-18-8-3-2-4-9-18/h2-10,15,17,21H,11-14H2,1H3,(H,22,23). The third-order valence-electron chi connectivity index (χ3n) is 4.36. The van der Waals surface area contributed by atoms with E-state index in [1.807, 2.05) is 54.6 Å². The molecule has 1 amide bonds. The maximum Gasteiger partial charge on any atom is 0.251 e. The minimum absolute atomic E-state index is 0.0126. The molecule has 1 aliphatic rings. The number of amides is 1. The zero-order valence-corrected chi connectivity index (χ0v) is 14.0. The second kappa shape index (κ2) is 7.97. The summed E-state index contributed by atoms with van der Waals surface area (Å²) in [5.74, 6) is 0.793. The van der Waals surface area contributed by atoms with E-state index in [0.29, 0.717) is 18.2 Å². The number of hydrogen-bond acceptors (Lipinski definition) is 3. The van der Waals surface area contributed by atoms with E-state index in [-0.39, 0.29) is 11.9 Å². The van der Waals surface area contributed by atoms with E-state index in [4.69, 9.17) is 4.74 Å². The molecule has 4 nitrogen and oxygen atoms in total. The molecule has 0 saturated carbocycles. The molecule has 2 unspecified atom stereocenters. The summed E-state index contributed by atoms with van der Waals surface area (Å²) in [5.41, 5.74) is 1.60. The van der Waals surface area contributed by atoms with Crippen molar-refractivity contribution in [2.24, 2.45) is 0 Å². The van der Waals surface area contributed by atoms with Crippen molar-refractivity contribution in [3.8, 4) is 5.75 Å². The van der Waals surface area contributed by atoms with Crippen molar-refractivity contribution < 1.29 is 9.53 Å². The molecule has 1 fully saturated rings. The van der Waals surface area contributed by atoms with Crippen LogP contribution in [0.25, 0.3) is 0 Å². The summed E-state index contributed by atoms with van der Waals surface area (Å²) in [6, 6.07) is 18.0. The minimum Gasteiger partial charge on any atom is -0.489 e. The van der Waals surface area contributed by atoms with Crippen molar-refractivity contribution in [3.63, 3.8) is 0 Å². The van der Waals surface area contributed by atoms with Crippen LogP contribution in [0.15, 0.2) is 54.6 Å². The molecule has 0 aromatic heterocycles. The van der Waals surface area contributed by atoms with Crippen LogP contribution in [0.3, 0.4) is 0 Å². The van der Waals surface area contributed by atoms with Gasteiger partial charge >= 0.3 is 0 Å². The second-order valence-electron chi connectivity index (χ2n) is 6.31. The Balaban J connectivity index is 1.65. The molecule has 0 bridgehead atoms. The first-order valence-corrected chi connectivity index (χ1v) is 8.52. The molecule has 3 rings (SSSR count). The Hall–Kier alpha value is -2.33. The number of benzene rings is 2. The number of nitrogens with one attached hydrogen (secondary N) is 2. The Bertz CT molecular complexity index is 672. The van der Waals surface area contributed by atoms with E-state index in [9.17, 15) is 4.79 Å². The lowest BCUT2D eigenvalue weighted by molar-refractivity contribution is 0.0923. The molecular weight excluding hydrogens is 300 g/mol. The molecule has 4 heteroatoms. The SMILES string of the molecule is CC1CC(NC(=O)c2ccccc2COc2ccccc2)CCN1. The van der Waals surface area contributed by atoms with Gasteiger partial charge in [0.25, 0.3) is 5.91 Å². The predicted octanol–water partition coefficient (Wildman–Crippen LogP) is 3.14. The van der Waals surface area contributed by atoms with E-state index in [0.717, 1.165) is 30.7 Å². The van der Waals surface area contributed by atoms with Crippen LogP contribution >= 0.6 is 0 Å². The summed E-state index contributed by atoms with van der Waals surface area (Å²) in [6.07, 6.45) is 1.94. The molecule has 1 heterocycles. The molecule has 2 N–H and O–H groups in total. The average Bonchev–Trinajstić information content (AvgIpc) is 2.61. The van der Waals surface area contributed by atoms with Crippen molar-refractivity contribution in [1.82, 2.24) is 10.6 Å². The zero-order chi connectivity index (χ0) is 16.8. The van der Waals surface area contributed by atoms with Crippen LogP contribution in [0.5, 0.6) is 5.75 Å². The molecule has 126 valence electrons. The number of hydrogen-bond donors (Lipinski definition) is 2. The summed E-state index contributed by atoms with van der Waals surface area (Å²) >= 11 is 0. The molecule has 2 aromatic carbocycles. The maximum atomic E-state index is 12.7. The first-order valence-electron chi connectivity index (χ1n) is 8.52. The third kappa shape index (κ3) is 4.36. The quantitative estimate of drug-likeness (QED) is 0.888. The zero-order valence-electron chi connectivity index (χ0n) is 14.0. The highest BCUT2D eigenvalue weighted by molar-refractivity contribution is 5.95. The maximum absolute atomic E-state index is 12.7. The van der Waals surface area contributed by atoms with Crippen molar-refractivity contribution >= 4 is 5.91 Å². The molecular formula is C20H24N2O2. The van der Waals surface area contributed by atoms with Crippen LogP contribution in [-0.4, -0.2) is 24.5 Å². The van der Waals surface area contributed by atoms with Crippen molar-refractivity contribution in [1.29, 1.82) is 0 Å². The van der Waals surface area contributed by atoms with Gasteiger partial charge in [0.2, 0.25) is 0 Å². The molecule has 1 saturated heterocycles. The van der Waals surface area contributed by atoms with E-state index in [1.54, 1.807) is 0 Å². The van der Waals surface area contributed by atoms with Crippen LogP contribution < -0.4 is 15.4 Å². The normalized spacial score (nSPS) is 20.4. The monoisotopic (exact) mass is 324 g/mol. The highest BCUT2D eigenvalue weighted by Crippen LogP contribution is 2.16. The number of carbonyl (C=O) groups is 1. The third-order valence-corrected chi connectivity index (χ3v) is 4.36. The smallest absolute Gasteiger partial charge is 0.251 e. The fraction of sp³-hybridized carbons (Fsp3) is 0.350. The summed E-state index contributed by atoms with van der Waals surface area (Å²) in [5, 5.41) is 6.57. The Morgan fingerprint density at radius 1 is 1.17 bits per heavy atom. The highest BCUT2D eigenvalue weighted by atomic mass is 16.5. The van der Waals surface area contributed by atoms with Gasteiger partial charge in [-0.3, -0.25) is 4.79 Å². The molecule has 2 atom stereocenters. The number of ether oxygens (including phenoxy) is 1. The first kappa shape index (κ1) is 16.5. The summed E-state index contributed by atoms with van der Waals surface area (Å²) < 4.78 is 5.80. The van der Waals surface area contributed by atoms with Gasteiger partial charge in [-0.05, 0) is 44.5 Å². The molecule has 0 radical (unpaired) electrons. The van der Waals surface area contributed by atoms with Crippen molar-refractivity contribution in [3.05, 3.63) is 65.7 Å². The van der Waals surface area contributed by atoms with E-state index < -0.39 is 0 Å². The predicted molar refractivity (Wildman–Crippen MR) is 95.2 cm³/mol. The van der Waals surface area contributed by atoms with E-state index in [2.05, 4.69) is 17.6 Å². The largest absolute Gasteiger partial charge is 0.489 e. The number of rotatable bonds is 5. The Morgan fingerprint density at radius 3 is 2.71 bits per heavy atom. The topological polar surface area (TPSA) is 50.4 Å². The second-order valence-corrected chi connectivity index (χ2v) is 6.31. The number of carbonyl (C=O) groups excluding carboxylic acids is 1. The van der Waals surface area contributed by atoms with Crippen molar-refractivity contribution in [2.75, 3.05) is 6.54 Å². The van der Waals surface area contributed by atoms with E-state index in [1.165, 1.54) is 0 Å². The lowest BCUT2D eigenvalue weighted by Gasteiger charge is -2.28. The van der Waals surface area contributed by atoms with E-state index >= 15 is 0 Å². The van der Waals surface area contributed by atoms with Gasteiger partial charge in [-0.25, -0.2) is 0 Å². The fourth-order valence-electron chi connectivity index (χ4n) is 3.07. The Kier molecular flexibility index (Phi) is 5.49. The van der Waals surface area contributed by atoms with Gasteiger partial charge in [-0.15, -0.1) is 0 Å². The minimum atomic E-state index is -0.0126. The van der Waals surface area contributed by atoms with Gasteiger partial charge in [0.1, 0.15) is 12.4 Å². The number of piperidine rings is 1. The van der Waals surface area contributed by atoms with Gasteiger partial charge in [-0.1, -0.05) is 36.4 Å². The van der Waals surface area contributed by atoms with Crippen LogP contribution in [0.1, 0.15) is 35.7 Å². The van der Waals surface area contributed by atoms with Gasteiger partial charge in [0, 0.05) is 23.2 Å². The summed E-state index contributed by atoms with van der Waals surface area (Å²) in [7, 11) is 0. The molecule has 24 heavy (non-hydrogen) atoms. The summed E-state index contributed by atoms with van der Waals surface area (Å²) in [4.78, 5) is 12.7. The average molecular weight is 324 g/mol. The Labute approximate surface area is 143 Å². The summed E-state index contributed by atoms with van der Waals surface area (Å²) in [6.45, 7) is 3.49. The van der Waals surface area contributed by atoms with Crippen LogP contribution in [0.4, 0.5) is 0 Å². The van der Waals surface area contributed by atoms with Gasteiger partial charge in [-0.2, -0.15) is 0 Å². The molecule has 0 aliphatic carbocycles. The van der Waals surface area contributed by atoms with Gasteiger partial charge < -0.3 is 15.4 Å². The van der Waals surface area contributed by atoms with Crippen LogP contribution in [0, 0.1) is 0 Å². The van der Waals surface area contributed by atoms with Gasteiger partial charge in [0.05, 0.1) is 0 Å². The molecule has 1 aliphatic heterocycles. The first-order chi connectivity index (χ1) is 11.7. The van der Waals surface area contributed by atoms with Crippen LogP contribution in [-0.2, 0) is 6.61 Å². The molecule has 0 spiro atoms. The van der Waals surface area contributed by atoms with Crippen LogP contribution in [0.2, 0.25) is 0 Å². The molecule has 2 aromatic rings. The fourth-order valence-corrected chi connectivity index (χ4v) is 3.07. The Morgan fingerprint density at radius 2 is 1.92 bits per heavy atom. The van der Waals surface area contributed by atoms with Crippen molar-refractivity contribution in [2.45, 2.75) is 38.5 Å². The lowest BCUT2D eigenvalue weighted by atomic mass is 9.99.